The summed E-state index contributed by atoms with van der Waals surface area (Å²) in [6.07, 6.45) is 1.50. The van der Waals surface area contributed by atoms with Crippen LogP contribution >= 0.6 is 11.6 Å². The second-order valence-corrected chi connectivity index (χ2v) is 3.23. The zero-order valence-corrected chi connectivity index (χ0v) is 8.03. The van der Waals surface area contributed by atoms with Crippen molar-refractivity contribution in [3.63, 3.8) is 0 Å². The van der Waals surface area contributed by atoms with Crippen LogP contribution in [0.1, 0.15) is 5.76 Å². The molecule has 0 saturated heterocycles. The highest BCUT2D eigenvalue weighted by molar-refractivity contribution is 6.30. The molecule has 1 aromatic carbocycles. The second kappa shape index (κ2) is 3.82. The Morgan fingerprint density at radius 3 is 2.57 bits per heavy atom. The van der Waals surface area contributed by atoms with Gasteiger partial charge in [-0.05, 0) is 24.3 Å². The molecule has 72 valence electrons. The van der Waals surface area contributed by atoms with Crippen LogP contribution in [0.2, 0.25) is 5.02 Å². The van der Waals surface area contributed by atoms with Crippen LogP contribution in [0.3, 0.4) is 0 Å². The van der Waals surface area contributed by atoms with Gasteiger partial charge in [-0.2, -0.15) is 0 Å². The van der Waals surface area contributed by atoms with Crippen molar-refractivity contribution in [1.29, 1.82) is 0 Å². The molecule has 0 radical (unpaired) electrons. The van der Waals surface area contributed by atoms with Gasteiger partial charge in [-0.25, -0.2) is 4.98 Å². The van der Waals surface area contributed by atoms with E-state index >= 15 is 0 Å². The molecule has 0 fully saturated rings. The Morgan fingerprint density at radius 2 is 2.00 bits per heavy atom. The van der Waals surface area contributed by atoms with Crippen LogP contribution in [0, 0.1) is 0 Å². The summed E-state index contributed by atoms with van der Waals surface area (Å²) in [5, 5.41) is 9.46. The summed E-state index contributed by atoms with van der Waals surface area (Å²) in [7, 11) is 0. The Balaban J connectivity index is 2.34. The van der Waals surface area contributed by atoms with Crippen LogP contribution < -0.4 is 0 Å². The summed E-state index contributed by atoms with van der Waals surface area (Å²) in [4.78, 5) is 4.02. The first-order chi connectivity index (χ1) is 6.79. The minimum atomic E-state index is -0.138. The van der Waals surface area contributed by atoms with Gasteiger partial charge in [0.05, 0.1) is 6.20 Å². The molecule has 0 aliphatic rings. The number of hydrogen-bond donors (Lipinski definition) is 1. The molecule has 14 heavy (non-hydrogen) atoms. The molecule has 0 unspecified atom stereocenters. The predicted octanol–water partition coefficient (Wildman–Crippen LogP) is 2.49. The van der Waals surface area contributed by atoms with Crippen LogP contribution in [0.25, 0.3) is 11.5 Å². The van der Waals surface area contributed by atoms with Gasteiger partial charge in [-0.3, -0.25) is 0 Å². The number of aliphatic hydroxyl groups is 1. The average Bonchev–Trinajstić information content (AvgIpc) is 2.67. The fourth-order valence-corrected chi connectivity index (χ4v) is 1.23. The summed E-state index contributed by atoms with van der Waals surface area (Å²) in [6.45, 7) is -0.138. The van der Waals surface area contributed by atoms with Crippen LogP contribution in [0.5, 0.6) is 0 Å². The first-order valence-corrected chi connectivity index (χ1v) is 4.49. The van der Waals surface area contributed by atoms with E-state index in [1.807, 2.05) is 12.1 Å². The van der Waals surface area contributed by atoms with E-state index in [9.17, 15) is 0 Å². The molecule has 0 aliphatic carbocycles. The molecular formula is C10H8ClNO2. The normalized spacial score (nSPS) is 10.4. The van der Waals surface area contributed by atoms with Gasteiger partial charge in [0.1, 0.15) is 12.4 Å². The molecule has 1 aromatic heterocycles. The fourth-order valence-electron chi connectivity index (χ4n) is 1.11. The zero-order chi connectivity index (χ0) is 9.97. The summed E-state index contributed by atoms with van der Waals surface area (Å²) < 4.78 is 5.25. The van der Waals surface area contributed by atoms with E-state index in [1.165, 1.54) is 6.20 Å². The van der Waals surface area contributed by atoms with Crippen LogP contribution in [0.15, 0.2) is 34.9 Å². The molecule has 3 nitrogen and oxygen atoms in total. The molecule has 0 atom stereocenters. The Bertz CT molecular complexity index is 422. The molecule has 0 aliphatic heterocycles. The van der Waals surface area contributed by atoms with Gasteiger partial charge in [0.25, 0.3) is 0 Å². The van der Waals surface area contributed by atoms with Gasteiger partial charge >= 0.3 is 0 Å². The highest BCUT2D eigenvalue weighted by Crippen LogP contribution is 2.20. The Kier molecular flexibility index (Phi) is 2.52. The third-order valence-electron chi connectivity index (χ3n) is 1.80. The molecule has 0 bridgehead atoms. The van der Waals surface area contributed by atoms with Gasteiger partial charge < -0.3 is 9.52 Å². The van der Waals surface area contributed by atoms with Gasteiger partial charge in [-0.1, -0.05) is 11.6 Å². The van der Waals surface area contributed by atoms with E-state index in [0.29, 0.717) is 16.7 Å². The zero-order valence-electron chi connectivity index (χ0n) is 7.27. The van der Waals surface area contributed by atoms with Crippen LogP contribution in [0.4, 0.5) is 0 Å². The van der Waals surface area contributed by atoms with Crippen molar-refractivity contribution in [3.8, 4) is 11.5 Å². The summed E-state index contributed by atoms with van der Waals surface area (Å²) in [5.74, 6) is 0.945. The van der Waals surface area contributed by atoms with Crippen LogP contribution in [-0.2, 0) is 6.61 Å². The third kappa shape index (κ3) is 1.78. The molecular weight excluding hydrogens is 202 g/mol. The maximum absolute atomic E-state index is 8.79. The molecule has 4 heteroatoms. The van der Waals surface area contributed by atoms with E-state index in [2.05, 4.69) is 4.98 Å². The first kappa shape index (κ1) is 9.24. The van der Waals surface area contributed by atoms with Crippen molar-refractivity contribution < 1.29 is 9.52 Å². The SMILES string of the molecule is OCc1cnc(-c2ccc(Cl)cc2)o1. The third-order valence-corrected chi connectivity index (χ3v) is 2.05. The monoisotopic (exact) mass is 209 g/mol. The largest absolute Gasteiger partial charge is 0.439 e. The highest BCUT2D eigenvalue weighted by atomic mass is 35.5. The van der Waals surface area contributed by atoms with Gasteiger partial charge in [-0.15, -0.1) is 0 Å². The van der Waals surface area contributed by atoms with Crippen LogP contribution in [-0.4, -0.2) is 10.1 Å². The Labute approximate surface area is 86.0 Å². The number of rotatable bonds is 2. The van der Waals surface area contributed by atoms with E-state index in [-0.39, 0.29) is 6.61 Å². The van der Waals surface area contributed by atoms with Crippen molar-refractivity contribution >= 4 is 11.6 Å². The van der Waals surface area contributed by atoms with Gasteiger partial charge in [0, 0.05) is 10.6 Å². The topological polar surface area (TPSA) is 46.3 Å². The standard InChI is InChI=1S/C10H8ClNO2/c11-8-3-1-7(2-4-8)10-12-5-9(6-13)14-10/h1-5,13H,6H2. The average molecular weight is 210 g/mol. The van der Waals surface area contributed by atoms with Gasteiger partial charge in [0.15, 0.2) is 0 Å². The number of aliphatic hydroxyl groups excluding tert-OH is 1. The summed E-state index contributed by atoms with van der Waals surface area (Å²) >= 11 is 5.74. The summed E-state index contributed by atoms with van der Waals surface area (Å²) in [5.41, 5.74) is 0.842. The fraction of sp³-hybridized carbons (Fsp3) is 0.100. The Hall–Kier alpha value is -1.32. The quantitative estimate of drug-likeness (QED) is 0.827. The highest BCUT2D eigenvalue weighted by Gasteiger charge is 2.04. The molecule has 0 amide bonds. The number of aromatic nitrogens is 1. The molecule has 1 N–H and O–H groups in total. The maximum Gasteiger partial charge on any atom is 0.226 e. The lowest BCUT2D eigenvalue weighted by atomic mass is 10.2. The van der Waals surface area contributed by atoms with Crippen molar-refractivity contribution in [2.45, 2.75) is 6.61 Å². The van der Waals surface area contributed by atoms with E-state index in [4.69, 9.17) is 21.1 Å². The smallest absolute Gasteiger partial charge is 0.226 e. The first-order valence-electron chi connectivity index (χ1n) is 4.11. The number of nitrogens with zero attached hydrogens (tertiary/aromatic N) is 1. The maximum atomic E-state index is 8.79. The minimum Gasteiger partial charge on any atom is -0.439 e. The number of halogens is 1. The lowest BCUT2D eigenvalue weighted by Gasteiger charge is -1.94. The molecule has 1 heterocycles. The minimum absolute atomic E-state index is 0.138. The van der Waals surface area contributed by atoms with E-state index < -0.39 is 0 Å². The number of benzene rings is 1. The second-order valence-electron chi connectivity index (χ2n) is 2.80. The van der Waals surface area contributed by atoms with Crippen molar-refractivity contribution in [2.75, 3.05) is 0 Å². The molecule has 0 saturated carbocycles. The van der Waals surface area contributed by atoms with E-state index in [1.54, 1.807) is 12.1 Å². The Morgan fingerprint density at radius 1 is 1.29 bits per heavy atom. The number of hydrogen-bond acceptors (Lipinski definition) is 3. The lowest BCUT2D eigenvalue weighted by Crippen LogP contribution is -1.76. The van der Waals surface area contributed by atoms with Gasteiger partial charge in [0.2, 0.25) is 5.89 Å². The van der Waals surface area contributed by atoms with Crippen molar-refractivity contribution in [2.24, 2.45) is 0 Å². The molecule has 2 aromatic rings. The molecule has 2 rings (SSSR count). The van der Waals surface area contributed by atoms with Crippen molar-refractivity contribution in [3.05, 3.63) is 41.2 Å². The van der Waals surface area contributed by atoms with E-state index in [0.717, 1.165) is 5.56 Å². The van der Waals surface area contributed by atoms with Crippen molar-refractivity contribution in [1.82, 2.24) is 4.98 Å². The predicted molar refractivity (Wildman–Crippen MR) is 52.9 cm³/mol. The summed E-state index contributed by atoms with van der Waals surface area (Å²) in [6, 6.07) is 7.16. The molecule has 0 spiro atoms. The number of oxazole rings is 1. The lowest BCUT2D eigenvalue weighted by molar-refractivity contribution is 0.248.